The number of hydrogen-bond acceptors (Lipinski definition) is 4. The average Bonchev–Trinajstić information content (AvgIpc) is 2.62. The molecule has 6 heteroatoms. The third kappa shape index (κ3) is 4.03. The number of urea groups is 1. The second-order valence-electron chi connectivity index (χ2n) is 6.03. The molecular formula is C20H20N2O4. The molecule has 1 heterocycles. The van der Waals surface area contributed by atoms with Gasteiger partial charge < -0.3 is 20.5 Å². The predicted octanol–water partition coefficient (Wildman–Crippen LogP) is 2.81. The second-order valence-corrected chi connectivity index (χ2v) is 6.03. The first kappa shape index (κ1) is 17.5. The fraction of sp³-hybridized carbons (Fsp3) is 0.200. The number of benzene rings is 2. The molecule has 1 aliphatic heterocycles. The van der Waals surface area contributed by atoms with Crippen molar-refractivity contribution in [3.63, 3.8) is 0 Å². The standard InChI is InChI=1S/C20H20N2O4/c1-13-17(19(24)26-12-11-14-5-3-2-4-6-14)18(22-20(25)21-13)15-7-9-16(23)10-8-15/h2-10,18,23H,11-12H2,1H3,(H2,21,22,25)/t18-/m0/s1. The number of phenols is 1. The molecule has 2 amide bonds. The zero-order chi connectivity index (χ0) is 18.5. The van der Waals surface area contributed by atoms with Gasteiger partial charge in [0.25, 0.3) is 0 Å². The van der Waals surface area contributed by atoms with Crippen LogP contribution in [0, 0.1) is 0 Å². The minimum absolute atomic E-state index is 0.113. The lowest BCUT2D eigenvalue weighted by molar-refractivity contribution is -0.139. The summed E-state index contributed by atoms with van der Waals surface area (Å²) >= 11 is 0. The van der Waals surface area contributed by atoms with Crippen molar-refractivity contribution in [3.8, 4) is 5.75 Å². The van der Waals surface area contributed by atoms with Crippen LogP contribution in [0.3, 0.4) is 0 Å². The van der Waals surface area contributed by atoms with Crippen molar-refractivity contribution in [2.75, 3.05) is 6.61 Å². The molecule has 0 spiro atoms. The van der Waals surface area contributed by atoms with Crippen LogP contribution < -0.4 is 10.6 Å². The SMILES string of the molecule is CC1=C(C(=O)OCCc2ccccc2)[C@H](c2ccc(O)cc2)NC(=O)N1. The molecular weight excluding hydrogens is 332 g/mol. The highest BCUT2D eigenvalue weighted by atomic mass is 16.5. The van der Waals surface area contributed by atoms with Crippen molar-refractivity contribution in [2.45, 2.75) is 19.4 Å². The van der Waals surface area contributed by atoms with E-state index in [1.807, 2.05) is 30.3 Å². The maximum absolute atomic E-state index is 12.6. The summed E-state index contributed by atoms with van der Waals surface area (Å²) in [5.41, 5.74) is 2.57. The second kappa shape index (κ2) is 7.74. The van der Waals surface area contributed by atoms with Crippen LogP contribution >= 0.6 is 0 Å². The zero-order valence-corrected chi connectivity index (χ0v) is 14.4. The Balaban J connectivity index is 1.75. The van der Waals surface area contributed by atoms with Crippen LogP contribution in [-0.4, -0.2) is 23.7 Å². The van der Waals surface area contributed by atoms with Gasteiger partial charge >= 0.3 is 12.0 Å². The number of carbonyl (C=O) groups excluding carboxylic acids is 2. The summed E-state index contributed by atoms with van der Waals surface area (Å²) in [7, 11) is 0. The molecule has 0 radical (unpaired) electrons. The van der Waals surface area contributed by atoms with Crippen molar-refractivity contribution < 1.29 is 19.4 Å². The van der Waals surface area contributed by atoms with E-state index in [2.05, 4.69) is 10.6 Å². The Morgan fingerprint density at radius 1 is 1.12 bits per heavy atom. The van der Waals surface area contributed by atoms with Gasteiger partial charge in [0.2, 0.25) is 0 Å². The maximum Gasteiger partial charge on any atom is 0.338 e. The number of ether oxygens (including phenoxy) is 1. The summed E-state index contributed by atoms with van der Waals surface area (Å²) in [6.07, 6.45) is 0.614. The quantitative estimate of drug-likeness (QED) is 0.722. The lowest BCUT2D eigenvalue weighted by Crippen LogP contribution is -2.45. The summed E-state index contributed by atoms with van der Waals surface area (Å²) < 4.78 is 5.43. The van der Waals surface area contributed by atoms with Crippen LogP contribution in [0.5, 0.6) is 5.75 Å². The van der Waals surface area contributed by atoms with Gasteiger partial charge in [0, 0.05) is 12.1 Å². The molecule has 2 aromatic rings. The number of allylic oxidation sites excluding steroid dienone is 1. The van der Waals surface area contributed by atoms with E-state index in [1.54, 1.807) is 19.1 Å². The van der Waals surface area contributed by atoms with E-state index in [0.717, 1.165) is 5.56 Å². The minimum atomic E-state index is -0.631. The number of esters is 1. The van der Waals surface area contributed by atoms with Gasteiger partial charge in [-0.05, 0) is 30.2 Å². The van der Waals surface area contributed by atoms with Crippen molar-refractivity contribution in [2.24, 2.45) is 0 Å². The van der Waals surface area contributed by atoms with Crippen LogP contribution in [0.15, 0.2) is 65.9 Å². The van der Waals surface area contributed by atoms with E-state index in [-0.39, 0.29) is 18.4 Å². The highest BCUT2D eigenvalue weighted by Crippen LogP contribution is 2.28. The van der Waals surface area contributed by atoms with E-state index < -0.39 is 12.0 Å². The number of aromatic hydroxyl groups is 1. The van der Waals surface area contributed by atoms with Gasteiger partial charge in [-0.25, -0.2) is 9.59 Å². The predicted molar refractivity (Wildman–Crippen MR) is 96.3 cm³/mol. The monoisotopic (exact) mass is 352 g/mol. The molecule has 2 aromatic carbocycles. The van der Waals surface area contributed by atoms with Gasteiger partial charge in [0.15, 0.2) is 0 Å². The fourth-order valence-electron chi connectivity index (χ4n) is 2.87. The normalized spacial score (nSPS) is 16.7. The molecule has 0 aliphatic carbocycles. The van der Waals surface area contributed by atoms with Gasteiger partial charge in [-0.15, -0.1) is 0 Å². The highest BCUT2D eigenvalue weighted by Gasteiger charge is 2.32. The average molecular weight is 352 g/mol. The number of amides is 2. The first-order chi connectivity index (χ1) is 12.5. The van der Waals surface area contributed by atoms with Gasteiger partial charge in [0.1, 0.15) is 5.75 Å². The molecule has 3 rings (SSSR count). The number of phenolic OH excluding ortho intramolecular Hbond substituents is 1. The lowest BCUT2D eigenvalue weighted by Gasteiger charge is -2.28. The number of hydrogen-bond donors (Lipinski definition) is 3. The van der Waals surface area contributed by atoms with Crippen LogP contribution in [-0.2, 0) is 16.0 Å². The molecule has 0 fully saturated rings. The van der Waals surface area contributed by atoms with Crippen molar-refractivity contribution >= 4 is 12.0 Å². The molecule has 0 saturated heterocycles. The Hall–Kier alpha value is -3.28. The molecule has 134 valence electrons. The van der Waals surface area contributed by atoms with Crippen molar-refractivity contribution in [1.29, 1.82) is 0 Å². The summed E-state index contributed by atoms with van der Waals surface area (Å²) in [6, 6.07) is 15.1. The number of carbonyl (C=O) groups is 2. The summed E-state index contributed by atoms with van der Waals surface area (Å²) in [5, 5.41) is 14.8. The third-order valence-electron chi connectivity index (χ3n) is 4.18. The molecule has 26 heavy (non-hydrogen) atoms. The topological polar surface area (TPSA) is 87.7 Å². The molecule has 1 atom stereocenters. The highest BCUT2D eigenvalue weighted by molar-refractivity contribution is 5.95. The van der Waals surface area contributed by atoms with Crippen LogP contribution in [0.2, 0.25) is 0 Å². The van der Waals surface area contributed by atoms with Gasteiger partial charge in [-0.1, -0.05) is 42.5 Å². The van der Waals surface area contributed by atoms with E-state index in [1.165, 1.54) is 12.1 Å². The number of rotatable bonds is 5. The summed E-state index contributed by atoms with van der Waals surface area (Å²) in [6.45, 7) is 1.91. The smallest absolute Gasteiger partial charge is 0.338 e. The Bertz CT molecular complexity index is 829. The minimum Gasteiger partial charge on any atom is -0.508 e. The zero-order valence-electron chi connectivity index (χ0n) is 14.4. The first-order valence-corrected chi connectivity index (χ1v) is 8.33. The molecule has 3 N–H and O–H groups in total. The lowest BCUT2D eigenvalue weighted by atomic mass is 9.95. The molecule has 0 bridgehead atoms. The van der Waals surface area contributed by atoms with Gasteiger partial charge in [0.05, 0.1) is 18.2 Å². The Labute approximate surface area is 151 Å². The molecule has 0 aromatic heterocycles. The Kier molecular flexibility index (Phi) is 5.22. The Morgan fingerprint density at radius 2 is 1.81 bits per heavy atom. The first-order valence-electron chi connectivity index (χ1n) is 8.33. The van der Waals surface area contributed by atoms with Crippen LogP contribution in [0.25, 0.3) is 0 Å². The Morgan fingerprint density at radius 3 is 2.50 bits per heavy atom. The van der Waals surface area contributed by atoms with E-state index in [0.29, 0.717) is 23.3 Å². The molecule has 6 nitrogen and oxygen atoms in total. The van der Waals surface area contributed by atoms with Gasteiger partial charge in [-0.3, -0.25) is 0 Å². The van der Waals surface area contributed by atoms with Crippen LogP contribution in [0.4, 0.5) is 4.79 Å². The van der Waals surface area contributed by atoms with Crippen molar-refractivity contribution in [1.82, 2.24) is 10.6 Å². The van der Waals surface area contributed by atoms with Gasteiger partial charge in [-0.2, -0.15) is 0 Å². The maximum atomic E-state index is 12.6. The molecule has 0 saturated carbocycles. The van der Waals surface area contributed by atoms with E-state index >= 15 is 0 Å². The molecule has 0 unspecified atom stereocenters. The van der Waals surface area contributed by atoms with E-state index in [4.69, 9.17) is 4.74 Å². The molecule has 1 aliphatic rings. The van der Waals surface area contributed by atoms with Crippen LogP contribution in [0.1, 0.15) is 24.1 Å². The third-order valence-corrected chi connectivity index (χ3v) is 4.18. The number of nitrogens with one attached hydrogen (secondary N) is 2. The largest absolute Gasteiger partial charge is 0.508 e. The van der Waals surface area contributed by atoms with E-state index in [9.17, 15) is 14.7 Å². The summed E-state index contributed by atoms with van der Waals surface area (Å²) in [4.78, 5) is 24.5. The van der Waals surface area contributed by atoms with Crippen molar-refractivity contribution in [3.05, 3.63) is 77.0 Å². The fourth-order valence-corrected chi connectivity index (χ4v) is 2.87. The summed E-state index contributed by atoms with van der Waals surface area (Å²) in [5.74, 6) is -0.370.